The van der Waals surface area contributed by atoms with E-state index in [2.05, 4.69) is 9.88 Å². The number of rotatable bonds is 8. The van der Waals surface area contributed by atoms with Crippen LogP contribution in [0, 0.1) is 0 Å². The maximum absolute atomic E-state index is 13.7. The number of ether oxygens (including phenoxy) is 4. The minimum atomic E-state index is -0.965. The number of nitrogens with two attached hydrogens (primary N) is 1. The van der Waals surface area contributed by atoms with E-state index in [0.29, 0.717) is 34.7 Å². The normalized spacial score (nSPS) is 14.2. The number of hydrogen-bond acceptors (Lipinski definition) is 8. The van der Waals surface area contributed by atoms with E-state index < -0.39 is 6.09 Å². The average molecular weight is 469 g/mol. The Morgan fingerprint density at radius 2 is 1.76 bits per heavy atom. The Labute approximate surface area is 196 Å². The molecule has 34 heavy (non-hydrogen) atoms. The van der Waals surface area contributed by atoms with Crippen LogP contribution in [0.25, 0.3) is 22.0 Å². The predicted octanol–water partition coefficient (Wildman–Crippen LogP) is 2.26. The molecule has 0 unspecified atom stereocenters. The first kappa shape index (κ1) is 23.5. The van der Waals surface area contributed by atoms with Crippen molar-refractivity contribution in [2.45, 2.75) is 13.0 Å². The Morgan fingerprint density at radius 1 is 1.06 bits per heavy atom. The molecule has 2 aromatic heterocycles. The summed E-state index contributed by atoms with van der Waals surface area (Å²) in [6, 6.07) is 8.67. The highest BCUT2D eigenvalue weighted by Crippen LogP contribution is 2.30. The van der Waals surface area contributed by atoms with Crippen LogP contribution in [0.15, 0.2) is 41.3 Å². The van der Waals surface area contributed by atoms with Gasteiger partial charge in [-0.15, -0.1) is 0 Å². The number of amides is 1. The average Bonchev–Trinajstić information content (AvgIpc) is 2.85. The molecule has 0 radical (unpaired) electrons. The van der Waals surface area contributed by atoms with Crippen molar-refractivity contribution in [3.05, 3.63) is 46.9 Å². The first-order valence-electron chi connectivity index (χ1n) is 11.0. The predicted molar refractivity (Wildman–Crippen MR) is 127 cm³/mol. The van der Waals surface area contributed by atoms with E-state index in [1.165, 1.54) is 0 Å². The van der Waals surface area contributed by atoms with Crippen LogP contribution in [0.3, 0.4) is 0 Å². The minimum absolute atomic E-state index is 0.0390. The van der Waals surface area contributed by atoms with E-state index in [4.69, 9.17) is 24.7 Å². The van der Waals surface area contributed by atoms with Crippen LogP contribution in [0.1, 0.15) is 6.42 Å². The molecule has 3 aromatic rings. The molecule has 180 valence electrons. The van der Waals surface area contributed by atoms with Gasteiger partial charge in [-0.1, -0.05) is 0 Å². The quantitative estimate of drug-likeness (QED) is 0.535. The largest absolute Gasteiger partial charge is 0.497 e. The molecule has 1 aromatic carbocycles. The summed E-state index contributed by atoms with van der Waals surface area (Å²) in [5.74, 6) is 1.20. The topological polar surface area (TPSA) is 118 Å². The molecular weight excluding hydrogens is 440 g/mol. The summed E-state index contributed by atoms with van der Waals surface area (Å²) in [5, 5.41) is 0.722. The number of aryl methyl sites for hydroxylation is 1. The van der Waals surface area contributed by atoms with Crippen LogP contribution in [-0.2, 0) is 11.3 Å². The van der Waals surface area contributed by atoms with Gasteiger partial charge in [-0.2, -0.15) is 0 Å². The number of hydrogen-bond donors (Lipinski definition) is 1. The van der Waals surface area contributed by atoms with E-state index >= 15 is 0 Å². The van der Waals surface area contributed by atoms with Gasteiger partial charge in [0.15, 0.2) is 0 Å². The lowest BCUT2D eigenvalue weighted by Crippen LogP contribution is -2.37. The van der Waals surface area contributed by atoms with Crippen molar-refractivity contribution in [3.8, 4) is 28.5 Å². The summed E-state index contributed by atoms with van der Waals surface area (Å²) in [4.78, 5) is 31.4. The highest BCUT2D eigenvalue weighted by atomic mass is 16.6. The van der Waals surface area contributed by atoms with Crippen LogP contribution in [0.2, 0.25) is 0 Å². The molecule has 10 nitrogen and oxygen atoms in total. The Morgan fingerprint density at radius 3 is 2.41 bits per heavy atom. The smallest absolute Gasteiger partial charge is 0.411 e. The second kappa shape index (κ2) is 10.5. The molecule has 3 heterocycles. The van der Waals surface area contributed by atoms with E-state index in [1.54, 1.807) is 55.3 Å². The number of methoxy groups -OCH3 is 2. The zero-order valence-corrected chi connectivity index (χ0v) is 19.3. The van der Waals surface area contributed by atoms with Crippen LogP contribution in [0.4, 0.5) is 4.79 Å². The number of aromatic nitrogens is 2. The zero-order chi connectivity index (χ0) is 24.1. The molecule has 0 atom stereocenters. The number of carbonyl (C=O) groups is 1. The SMILES string of the molecule is COc1cc(OC)cc(-c2cc3cnc(OC(N)=O)cc3n(CCCN3CCOCC3)c2=O)c1. The third-order valence-electron chi connectivity index (χ3n) is 5.78. The Kier molecular flexibility index (Phi) is 7.29. The van der Waals surface area contributed by atoms with Gasteiger partial charge >= 0.3 is 6.09 Å². The maximum atomic E-state index is 13.7. The van der Waals surface area contributed by atoms with Crippen molar-refractivity contribution in [2.24, 2.45) is 5.73 Å². The number of morpholine rings is 1. The highest BCUT2D eigenvalue weighted by Gasteiger charge is 2.16. The van der Waals surface area contributed by atoms with Crippen LogP contribution >= 0.6 is 0 Å². The van der Waals surface area contributed by atoms with E-state index in [-0.39, 0.29) is 11.4 Å². The van der Waals surface area contributed by atoms with Crippen molar-refractivity contribution in [1.29, 1.82) is 0 Å². The van der Waals surface area contributed by atoms with Gasteiger partial charge in [0.2, 0.25) is 5.88 Å². The molecule has 2 N–H and O–H groups in total. The Hall–Kier alpha value is -3.63. The molecule has 1 saturated heterocycles. The molecule has 1 aliphatic heterocycles. The van der Waals surface area contributed by atoms with Gasteiger partial charge in [0.05, 0.1) is 33.0 Å². The number of pyridine rings is 2. The van der Waals surface area contributed by atoms with Gasteiger partial charge in [-0.3, -0.25) is 9.69 Å². The van der Waals surface area contributed by atoms with Crippen molar-refractivity contribution < 1.29 is 23.7 Å². The fourth-order valence-corrected chi connectivity index (χ4v) is 4.08. The van der Waals surface area contributed by atoms with Gasteiger partial charge in [0.25, 0.3) is 5.56 Å². The third-order valence-corrected chi connectivity index (χ3v) is 5.78. The molecular formula is C24H28N4O6. The lowest BCUT2D eigenvalue weighted by molar-refractivity contribution is 0.0369. The van der Waals surface area contributed by atoms with Crippen molar-refractivity contribution in [2.75, 3.05) is 47.1 Å². The molecule has 0 saturated carbocycles. The summed E-state index contributed by atoms with van der Waals surface area (Å²) >= 11 is 0. The zero-order valence-electron chi connectivity index (χ0n) is 19.3. The summed E-state index contributed by atoms with van der Waals surface area (Å²) < 4.78 is 22.8. The molecule has 4 rings (SSSR count). The fourth-order valence-electron chi connectivity index (χ4n) is 4.08. The Bertz CT molecular complexity index is 1210. The van der Waals surface area contributed by atoms with E-state index in [9.17, 15) is 9.59 Å². The van der Waals surface area contributed by atoms with Crippen molar-refractivity contribution in [3.63, 3.8) is 0 Å². The van der Waals surface area contributed by atoms with Gasteiger partial charge < -0.3 is 29.2 Å². The minimum Gasteiger partial charge on any atom is -0.497 e. The van der Waals surface area contributed by atoms with E-state index in [0.717, 1.165) is 44.7 Å². The summed E-state index contributed by atoms with van der Waals surface area (Å²) in [6.07, 6.45) is 1.36. The Balaban J connectivity index is 1.77. The van der Waals surface area contributed by atoms with Crippen molar-refractivity contribution >= 4 is 17.0 Å². The number of fused-ring (bicyclic) bond motifs is 1. The number of carbonyl (C=O) groups excluding carboxylic acids is 1. The van der Waals surface area contributed by atoms with Crippen LogP contribution < -0.4 is 25.5 Å². The molecule has 0 bridgehead atoms. The standard InChI is InChI=1S/C24H28N4O6/c1-31-18-10-16(11-19(13-18)32-2)20-12-17-15-26-22(34-24(25)30)14-21(17)28(23(20)29)5-3-4-27-6-8-33-9-7-27/h10-15H,3-9H2,1-2H3,(H2,25,30). The summed E-state index contributed by atoms with van der Waals surface area (Å²) in [5.41, 5.74) is 6.73. The van der Waals surface area contributed by atoms with Crippen LogP contribution in [0.5, 0.6) is 17.4 Å². The molecule has 0 aliphatic carbocycles. The van der Waals surface area contributed by atoms with E-state index in [1.807, 2.05) is 0 Å². The second-order valence-corrected chi connectivity index (χ2v) is 7.93. The summed E-state index contributed by atoms with van der Waals surface area (Å²) in [7, 11) is 3.13. The van der Waals surface area contributed by atoms with Gasteiger partial charge in [0, 0.05) is 55.5 Å². The second-order valence-electron chi connectivity index (χ2n) is 7.93. The van der Waals surface area contributed by atoms with Gasteiger partial charge in [0.1, 0.15) is 11.5 Å². The molecule has 1 amide bonds. The number of primary amides is 1. The van der Waals surface area contributed by atoms with Gasteiger partial charge in [-0.05, 0) is 30.2 Å². The van der Waals surface area contributed by atoms with Crippen molar-refractivity contribution in [1.82, 2.24) is 14.5 Å². The molecule has 0 spiro atoms. The molecule has 10 heteroatoms. The molecule has 1 fully saturated rings. The van der Waals surface area contributed by atoms with Gasteiger partial charge in [-0.25, -0.2) is 9.78 Å². The third kappa shape index (κ3) is 5.29. The monoisotopic (exact) mass is 468 g/mol. The maximum Gasteiger partial charge on any atom is 0.411 e. The fraction of sp³-hybridized carbons (Fsp3) is 0.375. The lowest BCUT2D eigenvalue weighted by Gasteiger charge is -2.26. The van der Waals surface area contributed by atoms with Crippen LogP contribution in [-0.4, -0.2) is 67.6 Å². The number of nitrogens with zero attached hydrogens (tertiary/aromatic N) is 3. The lowest BCUT2D eigenvalue weighted by atomic mass is 10.0. The summed E-state index contributed by atoms with van der Waals surface area (Å²) in [6.45, 7) is 4.50. The molecule has 1 aliphatic rings. The number of benzene rings is 1. The first-order chi connectivity index (χ1) is 16.5. The first-order valence-corrected chi connectivity index (χ1v) is 11.0. The highest BCUT2D eigenvalue weighted by molar-refractivity contribution is 5.85.